The lowest BCUT2D eigenvalue weighted by Crippen LogP contribution is -2.17. The summed E-state index contributed by atoms with van der Waals surface area (Å²) in [6.45, 7) is -0.0547. The van der Waals surface area contributed by atoms with E-state index in [2.05, 4.69) is 14.8 Å². The van der Waals surface area contributed by atoms with E-state index in [1.807, 2.05) is 0 Å². The standard InChI is InChI=1S/C11H12ClNO4/c1-16-10(14)6-13-9-5-7(12)3-4-8(9)11(15)17-2/h3-5,13H,6H2,1-2H3. The summed E-state index contributed by atoms with van der Waals surface area (Å²) in [5, 5.41) is 3.21. The number of carbonyl (C=O) groups is 2. The summed E-state index contributed by atoms with van der Waals surface area (Å²) < 4.78 is 9.09. The van der Waals surface area contributed by atoms with Gasteiger partial charge in [-0.1, -0.05) is 11.6 Å². The van der Waals surface area contributed by atoms with E-state index in [4.69, 9.17) is 11.6 Å². The van der Waals surface area contributed by atoms with Crippen molar-refractivity contribution in [3.05, 3.63) is 28.8 Å². The van der Waals surface area contributed by atoms with Crippen LogP contribution in [0.5, 0.6) is 0 Å². The molecule has 0 aliphatic rings. The van der Waals surface area contributed by atoms with Crippen LogP contribution in [0, 0.1) is 0 Å². The maximum atomic E-state index is 11.4. The number of carbonyl (C=O) groups excluding carboxylic acids is 2. The summed E-state index contributed by atoms with van der Waals surface area (Å²) in [6, 6.07) is 4.63. The van der Waals surface area contributed by atoms with Crippen LogP contribution in [0.4, 0.5) is 5.69 Å². The topological polar surface area (TPSA) is 64.6 Å². The van der Waals surface area contributed by atoms with Crippen molar-refractivity contribution in [3.63, 3.8) is 0 Å². The van der Waals surface area contributed by atoms with Crippen LogP contribution in [-0.4, -0.2) is 32.7 Å². The molecule has 0 radical (unpaired) electrons. The summed E-state index contributed by atoms with van der Waals surface area (Å²) in [7, 11) is 2.56. The Morgan fingerprint density at radius 1 is 1.29 bits per heavy atom. The summed E-state index contributed by atoms with van der Waals surface area (Å²) in [6.07, 6.45) is 0. The van der Waals surface area contributed by atoms with Crippen LogP contribution in [0.25, 0.3) is 0 Å². The molecule has 0 spiro atoms. The van der Waals surface area contributed by atoms with Gasteiger partial charge in [0.2, 0.25) is 0 Å². The molecule has 1 aromatic rings. The maximum absolute atomic E-state index is 11.4. The fraction of sp³-hybridized carbons (Fsp3) is 0.273. The molecule has 0 aliphatic carbocycles. The second kappa shape index (κ2) is 6.10. The Morgan fingerprint density at radius 3 is 2.59 bits per heavy atom. The minimum atomic E-state index is -0.506. The van der Waals surface area contributed by atoms with Gasteiger partial charge in [0.1, 0.15) is 6.54 Å². The molecule has 5 nitrogen and oxygen atoms in total. The van der Waals surface area contributed by atoms with Gasteiger partial charge in [-0.2, -0.15) is 0 Å². The third-order valence-corrected chi connectivity index (χ3v) is 2.27. The highest BCUT2D eigenvalue weighted by molar-refractivity contribution is 6.31. The maximum Gasteiger partial charge on any atom is 0.339 e. The molecule has 0 bridgehead atoms. The minimum Gasteiger partial charge on any atom is -0.468 e. The van der Waals surface area contributed by atoms with Crippen LogP contribution < -0.4 is 5.32 Å². The smallest absolute Gasteiger partial charge is 0.339 e. The van der Waals surface area contributed by atoms with E-state index >= 15 is 0 Å². The van der Waals surface area contributed by atoms with Gasteiger partial charge in [0.05, 0.1) is 25.5 Å². The Bertz CT molecular complexity index is 433. The van der Waals surface area contributed by atoms with Gasteiger partial charge in [-0.3, -0.25) is 4.79 Å². The number of hydrogen-bond donors (Lipinski definition) is 1. The van der Waals surface area contributed by atoms with Crippen molar-refractivity contribution in [1.82, 2.24) is 0 Å². The van der Waals surface area contributed by atoms with E-state index in [1.54, 1.807) is 6.07 Å². The average molecular weight is 258 g/mol. The lowest BCUT2D eigenvalue weighted by atomic mass is 10.2. The Morgan fingerprint density at radius 2 is 2.00 bits per heavy atom. The molecular formula is C11H12ClNO4. The van der Waals surface area contributed by atoms with Gasteiger partial charge in [0, 0.05) is 5.02 Å². The molecular weight excluding hydrogens is 246 g/mol. The lowest BCUT2D eigenvalue weighted by Gasteiger charge is -2.10. The van der Waals surface area contributed by atoms with E-state index in [0.29, 0.717) is 16.3 Å². The molecule has 17 heavy (non-hydrogen) atoms. The van der Waals surface area contributed by atoms with Gasteiger partial charge in [0.25, 0.3) is 0 Å². The molecule has 0 aliphatic heterocycles. The van der Waals surface area contributed by atoms with Crippen molar-refractivity contribution in [2.75, 3.05) is 26.1 Å². The number of esters is 2. The molecule has 6 heteroatoms. The van der Waals surface area contributed by atoms with Crippen molar-refractivity contribution in [1.29, 1.82) is 0 Å². The lowest BCUT2D eigenvalue weighted by molar-refractivity contribution is -0.138. The highest BCUT2D eigenvalue weighted by Crippen LogP contribution is 2.21. The molecule has 92 valence electrons. The number of ether oxygens (including phenoxy) is 2. The third kappa shape index (κ3) is 3.64. The number of rotatable bonds is 4. The average Bonchev–Trinajstić information content (AvgIpc) is 2.35. The predicted molar refractivity (Wildman–Crippen MR) is 63.3 cm³/mol. The number of halogens is 1. The molecule has 0 unspecified atom stereocenters. The summed E-state index contributed by atoms with van der Waals surface area (Å²) >= 11 is 5.81. The Kier molecular flexibility index (Phi) is 4.78. The quantitative estimate of drug-likeness (QED) is 0.832. The molecule has 0 aromatic heterocycles. The summed E-state index contributed by atoms with van der Waals surface area (Å²) in [5.74, 6) is -0.949. The predicted octanol–water partition coefficient (Wildman–Crippen LogP) is 1.71. The fourth-order valence-corrected chi connectivity index (χ4v) is 1.36. The summed E-state index contributed by atoms with van der Waals surface area (Å²) in [5.41, 5.74) is 0.732. The normalized spacial score (nSPS) is 9.59. The van der Waals surface area contributed by atoms with E-state index in [1.165, 1.54) is 26.4 Å². The van der Waals surface area contributed by atoms with Crippen LogP contribution in [0.2, 0.25) is 5.02 Å². The first-order chi connectivity index (χ1) is 8.08. The van der Waals surface area contributed by atoms with Crippen molar-refractivity contribution < 1.29 is 19.1 Å². The number of nitrogens with one attached hydrogen (secondary N) is 1. The molecule has 1 rings (SSSR count). The Balaban J connectivity index is 2.91. The molecule has 0 amide bonds. The molecule has 1 N–H and O–H groups in total. The van der Waals surface area contributed by atoms with Crippen LogP contribution in [0.15, 0.2) is 18.2 Å². The molecule has 0 saturated carbocycles. The largest absolute Gasteiger partial charge is 0.468 e. The van der Waals surface area contributed by atoms with Gasteiger partial charge < -0.3 is 14.8 Å². The second-order valence-corrected chi connectivity index (χ2v) is 3.55. The first kappa shape index (κ1) is 13.3. The van der Waals surface area contributed by atoms with Gasteiger partial charge in [-0.05, 0) is 18.2 Å². The number of anilines is 1. The number of hydrogen-bond acceptors (Lipinski definition) is 5. The minimum absolute atomic E-state index is 0.0547. The third-order valence-electron chi connectivity index (χ3n) is 2.04. The summed E-state index contributed by atoms with van der Waals surface area (Å²) in [4.78, 5) is 22.4. The first-order valence-corrected chi connectivity index (χ1v) is 5.15. The van der Waals surface area contributed by atoms with Crippen molar-refractivity contribution >= 4 is 29.2 Å². The van der Waals surface area contributed by atoms with Gasteiger partial charge in [0.15, 0.2) is 0 Å². The van der Waals surface area contributed by atoms with Crippen molar-refractivity contribution in [3.8, 4) is 0 Å². The SMILES string of the molecule is COC(=O)CNc1cc(Cl)ccc1C(=O)OC. The molecule has 1 aromatic carbocycles. The van der Waals surface area contributed by atoms with E-state index in [9.17, 15) is 9.59 Å². The van der Waals surface area contributed by atoms with Gasteiger partial charge in [-0.15, -0.1) is 0 Å². The van der Waals surface area contributed by atoms with Crippen LogP contribution in [0.1, 0.15) is 10.4 Å². The van der Waals surface area contributed by atoms with Gasteiger partial charge >= 0.3 is 11.9 Å². The van der Waals surface area contributed by atoms with Crippen LogP contribution >= 0.6 is 11.6 Å². The van der Waals surface area contributed by atoms with Crippen molar-refractivity contribution in [2.24, 2.45) is 0 Å². The van der Waals surface area contributed by atoms with Crippen molar-refractivity contribution in [2.45, 2.75) is 0 Å². The number of benzene rings is 1. The van der Waals surface area contributed by atoms with Crippen LogP contribution in [0.3, 0.4) is 0 Å². The molecule has 0 heterocycles. The number of methoxy groups -OCH3 is 2. The van der Waals surface area contributed by atoms with Crippen LogP contribution in [-0.2, 0) is 14.3 Å². The first-order valence-electron chi connectivity index (χ1n) is 4.77. The highest BCUT2D eigenvalue weighted by atomic mass is 35.5. The zero-order valence-electron chi connectivity index (χ0n) is 9.45. The van der Waals surface area contributed by atoms with E-state index in [0.717, 1.165) is 0 Å². The monoisotopic (exact) mass is 257 g/mol. The molecule has 0 saturated heterocycles. The molecule has 0 atom stereocenters. The van der Waals surface area contributed by atoms with E-state index in [-0.39, 0.29) is 6.54 Å². The van der Waals surface area contributed by atoms with Gasteiger partial charge in [-0.25, -0.2) is 4.79 Å². The molecule has 0 fully saturated rings. The van der Waals surface area contributed by atoms with E-state index < -0.39 is 11.9 Å². The Labute approximate surface area is 104 Å². The second-order valence-electron chi connectivity index (χ2n) is 3.11. The Hall–Kier alpha value is -1.75. The zero-order valence-corrected chi connectivity index (χ0v) is 10.2. The fourth-order valence-electron chi connectivity index (χ4n) is 1.19. The zero-order chi connectivity index (χ0) is 12.8. The highest BCUT2D eigenvalue weighted by Gasteiger charge is 2.12.